The number of aryl methyl sites for hydroxylation is 1. The minimum Gasteiger partial charge on any atom is -0.492 e. The Morgan fingerprint density at radius 2 is 1.69 bits per heavy atom. The topological polar surface area (TPSA) is 56.1 Å². The lowest BCUT2D eigenvalue weighted by molar-refractivity contribution is -0.116. The van der Waals surface area contributed by atoms with Gasteiger partial charge in [0.05, 0.1) is 23.3 Å². The number of ether oxygens (including phenoxy) is 1. The van der Waals surface area contributed by atoms with Crippen molar-refractivity contribution < 1.29 is 9.53 Å². The number of amides is 1. The highest BCUT2D eigenvalue weighted by atomic mass is 16.5. The molecule has 146 valence electrons. The van der Waals surface area contributed by atoms with Gasteiger partial charge in [-0.3, -0.25) is 9.36 Å². The van der Waals surface area contributed by atoms with Gasteiger partial charge in [-0.2, -0.15) is 0 Å². The Labute approximate surface area is 170 Å². The van der Waals surface area contributed by atoms with Crippen LogP contribution in [0.5, 0.6) is 5.75 Å². The number of hydrogen-bond donors (Lipinski definition) is 1. The minimum atomic E-state index is -0.0659. The molecule has 0 unspecified atom stereocenters. The molecule has 0 saturated carbocycles. The smallest absolute Gasteiger partial charge is 0.224 e. The average Bonchev–Trinajstić information content (AvgIpc) is 3.13. The minimum absolute atomic E-state index is 0.0659. The molecule has 1 amide bonds. The first-order chi connectivity index (χ1) is 14.3. The van der Waals surface area contributed by atoms with Crippen LogP contribution in [0.4, 0.5) is 5.69 Å². The number of anilines is 1. The number of benzene rings is 3. The van der Waals surface area contributed by atoms with Gasteiger partial charge in [0.15, 0.2) is 0 Å². The Morgan fingerprint density at radius 3 is 2.52 bits per heavy atom. The van der Waals surface area contributed by atoms with Crippen molar-refractivity contribution in [2.75, 3.05) is 11.9 Å². The summed E-state index contributed by atoms with van der Waals surface area (Å²) >= 11 is 0. The highest BCUT2D eigenvalue weighted by Crippen LogP contribution is 2.25. The second kappa shape index (κ2) is 8.61. The molecular weight excluding hydrogens is 362 g/mol. The third-order valence-corrected chi connectivity index (χ3v) is 4.68. The third kappa shape index (κ3) is 4.14. The SMILES string of the molecule is CCOc1ccccc1NC(=O)CCc1nc2ccccc2n1-c1ccccc1. The lowest BCUT2D eigenvalue weighted by atomic mass is 10.2. The summed E-state index contributed by atoms with van der Waals surface area (Å²) in [6.45, 7) is 2.47. The fourth-order valence-corrected chi connectivity index (χ4v) is 3.40. The number of nitrogens with one attached hydrogen (secondary N) is 1. The molecule has 0 aliphatic heterocycles. The first-order valence-electron chi connectivity index (χ1n) is 9.79. The Morgan fingerprint density at radius 1 is 0.966 bits per heavy atom. The van der Waals surface area contributed by atoms with Gasteiger partial charge in [0.25, 0.3) is 0 Å². The van der Waals surface area contributed by atoms with Crippen molar-refractivity contribution in [2.45, 2.75) is 19.8 Å². The summed E-state index contributed by atoms with van der Waals surface area (Å²) in [6, 6.07) is 25.6. The number of hydrogen-bond acceptors (Lipinski definition) is 3. The molecule has 0 saturated heterocycles. The van der Waals surface area contributed by atoms with Crippen molar-refractivity contribution in [2.24, 2.45) is 0 Å². The summed E-state index contributed by atoms with van der Waals surface area (Å²) in [6.07, 6.45) is 0.864. The van der Waals surface area contributed by atoms with E-state index in [1.807, 2.05) is 67.6 Å². The van der Waals surface area contributed by atoms with Crippen LogP contribution in [-0.2, 0) is 11.2 Å². The summed E-state index contributed by atoms with van der Waals surface area (Å²) in [5.41, 5.74) is 3.69. The van der Waals surface area contributed by atoms with E-state index in [1.165, 1.54) is 0 Å². The molecule has 1 heterocycles. The van der Waals surface area contributed by atoms with E-state index in [-0.39, 0.29) is 5.91 Å². The summed E-state index contributed by atoms with van der Waals surface area (Å²) in [4.78, 5) is 17.4. The first kappa shape index (κ1) is 18.7. The van der Waals surface area contributed by atoms with E-state index in [0.717, 1.165) is 22.5 Å². The van der Waals surface area contributed by atoms with E-state index in [1.54, 1.807) is 0 Å². The van der Waals surface area contributed by atoms with Gasteiger partial charge in [-0.15, -0.1) is 0 Å². The normalized spacial score (nSPS) is 10.8. The Balaban J connectivity index is 1.55. The van der Waals surface area contributed by atoms with Gasteiger partial charge in [0, 0.05) is 18.5 Å². The summed E-state index contributed by atoms with van der Waals surface area (Å²) in [7, 11) is 0. The molecule has 1 N–H and O–H groups in total. The largest absolute Gasteiger partial charge is 0.492 e. The molecule has 0 fully saturated rings. The molecule has 0 radical (unpaired) electrons. The molecule has 0 aliphatic carbocycles. The van der Waals surface area contributed by atoms with E-state index in [0.29, 0.717) is 30.9 Å². The van der Waals surface area contributed by atoms with Gasteiger partial charge < -0.3 is 10.1 Å². The molecule has 1 aromatic heterocycles. The van der Waals surface area contributed by atoms with Gasteiger partial charge in [-0.05, 0) is 43.3 Å². The van der Waals surface area contributed by atoms with Crippen LogP contribution in [0.3, 0.4) is 0 Å². The number of nitrogens with zero attached hydrogens (tertiary/aromatic N) is 2. The van der Waals surface area contributed by atoms with E-state index in [2.05, 4.69) is 28.1 Å². The maximum Gasteiger partial charge on any atom is 0.224 e. The average molecular weight is 385 g/mol. The molecule has 29 heavy (non-hydrogen) atoms. The van der Waals surface area contributed by atoms with Crippen LogP contribution in [0.15, 0.2) is 78.9 Å². The number of fused-ring (bicyclic) bond motifs is 1. The molecule has 4 rings (SSSR count). The maximum atomic E-state index is 12.6. The van der Waals surface area contributed by atoms with Gasteiger partial charge in [-0.25, -0.2) is 4.98 Å². The molecule has 0 spiro atoms. The summed E-state index contributed by atoms with van der Waals surface area (Å²) < 4.78 is 7.71. The van der Waals surface area contributed by atoms with Crippen LogP contribution in [0.2, 0.25) is 0 Å². The fourth-order valence-electron chi connectivity index (χ4n) is 3.40. The molecule has 0 aliphatic rings. The summed E-state index contributed by atoms with van der Waals surface area (Å²) in [5.74, 6) is 1.48. The molecule has 3 aromatic carbocycles. The number of aromatic nitrogens is 2. The maximum absolute atomic E-state index is 12.6. The standard InChI is InChI=1S/C24H23N3O2/c1-2-29-22-15-9-7-13-20(22)26-24(28)17-16-23-25-19-12-6-8-14-21(19)27(23)18-10-4-3-5-11-18/h3-15H,2,16-17H2,1H3,(H,26,28). The van der Waals surface area contributed by atoms with Gasteiger partial charge in [-0.1, -0.05) is 42.5 Å². The fraction of sp³-hybridized carbons (Fsp3) is 0.167. The van der Waals surface area contributed by atoms with Crippen molar-refractivity contribution in [3.8, 4) is 11.4 Å². The van der Waals surface area contributed by atoms with Crippen LogP contribution in [-0.4, -0.2) is 22.1 Å². The van der Waals surface area contributed by atoms with Gasteiger partial charge >= 0.3 is 0 Å². The second-order valence-electron chi connectivity index (χ2n) is 6.67. The van der Waals surface area contributed by atoms with Crippen molar-refractivity contribution in [1.29, 1.82) is 0 Å². The zero-order chi connectivity index (χ0) is 20.1. The van der Waals surface area contributed by atoms with E-state index in [9.17, 15) is 4.79 Å². The Kier molecular flexibility index (Phi) is 5.56. The molecule has 5 heteroatoms. The first-order valence-corrected chi connectivity index (χ1v) is 9.79. The summed E-state index contributed by atoms with van der Waals surface area (Å²) in [5, 5.41) is 2.96. The molecule has 5 nitrogen and oxygen atoms in total. The lowest BCUT2D eigenvalue weighted by Gasteiger charge is -2.12. The number of carbonyl (C=O) groups excluding carboxylic acids is 1. The van der Waals surface area contributed by atoms with Crippen molar-refractivity contribution in [3.63, 3.8) is 0 Å². The van der Waals surface area contributed by atoms with Crippen LogP contribution in [0.25, 0.3) is 16.7 Å². The number of para-hydroxylation sites is 5. The van der Waals surface area contributed by atoms with E-state index >= 15 is 0 Å². The molecule has 0 atom stereocenters. The molecule has 0 bridgehead atoms. The predicted octanol–water partition coefficient (Wildman–Crippen LogP) is 5.00. The van der Waals surface area contributed by atoms with Crippen molar-refractivity contribution in [1.82, 2.24) is 9.55 Å². The molecule has 4 aromatic rings. The predicted molar refractivity (Wildman–Crippen MR) is 116 cm³/mol. The highest BCUT2D eigenvalue weighted by Gasteiger charge is 2.14. The van der Waals surface area contributed by atoms with E-state index < -0.39 is 0 Å². The van der Waals surface area contributed by atoms with Gasteiger partial charge in [0.2, 0.25) is 5.91 Å². The quantitative estimate of drug-likeness (QED) is 0.487. The van der Waals surface area contributed by atoms with Gasteiger partial charge in [0.1, 0.15) is 11.6 Å². The van der Waals surface area contributed by atoms with Crippen LogP contribution >= 0.6 is 0 Å². The van der Waals surface area contributed by atoms with Crippen molar-refractivity contribution in [3.05, 3.63) is 84.7 Å². The lowest BCUT2D eigenvalue weighted by Crippen LogP contribution is -2.14. The zero-order valence-corrected chi connectivity index (χ0v) is 16.3. The van der Waals surface area contributed by atoms with Crippen LogP contribution in [0, 0.1) is 0 Å². The number of imidazole rings is 1. The second-order valence-corrected chi connectivity index (χ2v) is 6.67. The Hall–Kier alpha value is -3.60. The molecular formula is C24H23N3O2. The monoisotopic (exact) mass is 385 g/mol. The number of rotatable bonds is 7. The number of carbonyl (C=O) groups is 1. The van der Waals surface area contributed by atoms with Crippen LogP contribution < -0.4 is 10.1 Å². The third-order valence-electron chi connectivity index (χ3n) is 4.68. The zero-order valence-electron chi connectivity index (χ0n) is 16.3. The van der Waals surface area contributed by atoms with Crippen LogP contribution in [0.1, 0.15) is 19.2 Å². The Bertz CT molecular complexity index is 1120. The van der Waals surface area contributed by atoms with E-state index in [4.69, 9.17) is 9.72 Å². The van der Waals surface area contributed by atoms with Crippen molar-refractivity contribution >= 4 is 22.6 Å². The highest BCUT2D eigenvalue weighted by molar-refractivity contribution is 5.92.